The number of alkyl halides is 1. The first-order valence-corrected chi connectivity index (χ1v) is 4.29. The van der Waals surface area contributed by atoms with E-state index in [1.165, 1.54) is 7.11 Å². The van der Waals surface area contributed by atoms with Crippen LogP contribution in [-0.4, -0.2) is 19.1 Å². The molecule has 0 aliphatic carbocycles. The summed E-state index contributed by atoms with van der Waals surface area (Å²) >= 11 is 5.46. The van der Waals surface area contributed by atoms with Gasteiger partial charge in [-0.1, -0.05) is 0 Å². The van der Waals surface area contributed by atoms with Crippen molar-refractivity contribution < 1.29 is 9.53 Å². The zero-order valence-corrected chi connectivity index (χ0v) is 7.97. The molecule has 4 heteroatoms. The van der Waals surface area contributed by atoms with E-state index in [1.54, 1.807) is 24.3 Å². The van der Waals surface area contributed by atoms with Crippen molar-refractivity contribution in [3.05, 3.63) is 29.8 Å². The predicted molar refractivity (Wildman–Crippen MR) is 52.1 cm³/mol. The number of anilines is 1. The summed E-state index contributed by atoms with van der Waals surface area (Å²) in [6, 6.07) is 7.25. The van der Waals surface area contributed by atoms with Gasteiger partial charge in [-0.15, -0.1) is 11.6 Å². The van der Waals surface area contributed by atoms with E-state index in [4.69, 9.17) is 11.6 Å². The lowest BCUT2D eigenvalue weighted by Crippen LogP contribution is -2.01. The average molecular weight is 200 g/mol. The lowest BCUT2D eigenvalue weighted by molar-refractivity contribution is 0.0601. The van der Waals surface area contributed by atoms with Crippen LogP contribution in [0, 0.1) is 0 Å². The van der Waals surface area contributed by atoms with Gasteiger partial charge >= 0.3 is 5.97 Å². The summed E-state index contributed by atoms with van der Waals surface area (Å²) < 4.78 is 4.55. The van der Waals surface area contributed by atoms with Crippen molar-refractivity contribution in [3.8, 4) is 0 Å². The summed E-state index contributed by atoms with van der Waals surface area (Å²) in [5.74, 6) is -0.336. The van der Waals surface area contributed by atoms with Gasteiger partial charge in [0.1, 0.15) is 0 Å². The minimum atomic E-state index is -0.336. The summed E-state index contributed by atoms with van der Waals surface area (Å²) in [6.07, 6.45) is 0. The third-order valence-electron chi connectivity index (χ3n) is 1.58. The van der Waals surface area contributed by atoms with E-state index in [2.05, 4.69) is 10.1 Å². The molecule has 1 aromatic carbocycles. The van der Waals surface area contributed by atoms with E-state index < -0.39 is 0 Å². The maximum absolute atomic E-state index is 11.0. The topological polar surface area (TPSA) is 38.3 Å². The minimum absolute atomic E-state index is 0.336. The zero-order valence-electron chi connectivity index (χ0n) is 7.21. The number of rotatable bonds is 3. The van der Waals surface area contributed by atoms with Crippen molar-refractivity contribution in [3.63, 3.8) is 0 Å². The largest absolute Gasteiger partial charge is 0.465 e. The summed E-state index contributed by atoms with van der Waals surface area (Å²) in [5, 5.41) is 2.90. The molecule has 0 saturated heterocycles. The second-order valence-electron chi connectivity index (χ2n) is 2.38. The lowest BCUT2D eigenvalue weighted by atomic mass is 10.2. The summed E-state index contributed by atoms with van der Waals surface area (Å²) in [6.45, 7) is 0. The standard InChI is InChI=1S/C9H10ClNO2/c1-13-9(12)7-2-4-8(5-3-7)11-6-10/h2-5,11H,6H2,1H3. The fourth-order valence-corrected chi connectivity index (χ4v) is 1.07. The van der Waals surface area contributed by atoms with Crippen LogP contribution in [0.2, 0.25) is 0 Å². The first-order chi connectivity index (χ1) is 6.27. The van der Waals surface area contributed by atoms with E-state index in [-0.39, 0.29) is 5.97 Å². The van der Waals surface area contributed by atoms with Crippen molar-refractivity contribution in [2.45, 2.75) is 0 Å². The fourth-order valence-electron chi connectivity index (χ4n) is 0.919. The van der Waals surface area contributed by atoms with Gasteiger partial charge < -0.3 is 10.1 Å². The fraction of sp³-hybridized carbons (Fsp3) is 0.222. The van der Waals surface area contributed by atoms with E-state index >= 15 is 0 Å². The number of hydrogen-bond donors (Lipinski definition) is 1. The van der Waals surface area contributed by atoms with Crippen LogP contribution in [-0.2, 0) is 4.74 Å². The van der Waals surface area contributed by atoms with Gasteiger partial charge in [0.15, 0.2) is 0 Å². The number of hydrogen-bond acceptors (Lipinski definition) is 3. The van der Waals surface area contributed by atoms with Gasteiger partial charge in [-0.2, -0.15) is 0 Å². The van der Waals surface area contributed by atoms with Gasteiger partial charge in [0.25, 0.3) is 0 Å². The molecule has 0 saturated carbocycles. The molecular formula is C9H10ClNO2. The maximum Gasteiger partial charge on any atom is 0.337 e. The van der Waals surface area contributed by atoms with E-state index in [0.717, 1.165) is 5.69 Å². The summed E-state index contributed by atoms with van der Waals surface area (Å²) in [7, 11) is 1.35. The molecule has 0 aliphatic heterocycles. The van der Waals surface area contributed by atoms with Crippen LogP contribution in [0.15, 0.2) is 24.3 Å². The number of carbonyl (C=O) groups is 1. The molecule has 13 heavy (non-hydrogen) atoms. The second-order valence-corrected chi connectivity index (χ2v) is 2.65. The summed E-state index contributed by atoms with van der Waals surface area (Å²) in [5.41, 5.74) is 1.41. The normalized spacial score (nSPS) is 9.38. The highest BCUT2D eigenvalue weighted by atomic mass is 35.5. The molecule has 0 atom stereocenters. The Balaban J connectivity index is 2.75. The highest BCUT2D eigenvalue weighted by molar-refractivity contribution is 6.18. The van der Waals surface area contributed by atoms with Gasteiger partial charge in [0.2, 0.25) is 0 Å². The Morgan fingerprint density at radius 2 is 2.08 bits per heavy atom. The van der Waals surface area contributed by atoms with Crippen molar-refractivity contribution in [1.29, 1.82) is 0 Å². The Labute approximate surface area is 81.7 Å². The van der Waals surface area contributed by atoms with Crippen molar-refractivity contribution >= 4 is 23.3 Å². The third kappa shape index (κ3) is 2.63. The predicted octanol–water partition coefficient (Wildman–Crippen LogP) is 2.08. The molecule has 0 radical (unpaired) electrons. The van der Waals surface area contributed by atoms with Gasteiger partial charge in [0.05, 0.1) is 18.7 Å². The van der Waals surface area contributed by atoms with Crippen LogP contribution in [0.3, 0.4) is 0 Å². The minimum Gasteiger partial charge on any atom is -0.465 e. The van der Waals surface area contributed by atoms with Crippen LogP contribution in [0.25, 0.3) is 0 Å². The van der Waals surface area contributed by atoms with Gasteiger partial charge in [0, 0.05) is 5.69 Å². The molecule has 0 heterocycles. The third-order valence-corrected chi connectivity index (χ3v) is 1.71. The van der Waals surface area contributed by atoms with E-state index in [9.17, 15) is 4.79 Å². The Bertz CT molecular complexity index is 284. The number of ether oxygens (including phenoxy) is 1. The number of carbonyl (C=O) groups excluding carboxylic acids is 1. The molecule has 0 aliphatic rings. The first-order valence-electron chi connectivity index (χ1n) is 3.76. The smallest absolute Gasteiger partial charge is 0.337 e. The first kappa shape index (κ1) is 9.86. The van der Waals surface area contributed by atoms with Gasteiger partial charge in [-0.25, -0.2) is 4.79 Å². The van der Waals surface area contributed by atoms with Crippen LogP contribution in [0.4, 0.5) is 5.69 Å². The highest BCUT2D eigenvalue weighted by Gasteiger charge is 2.03. The molecule has 0 amide bonds. The molecular weight excluding hydrogens is 190 g/mol. The Kier molecular flexibility index (Phi) is 3.58. The lowest BCUT2D eigenvalue weighted by Gasteiger charge is -2.02. The molecule has 0 bridgehead atoms. The average Bonchev–Trinajstić information content (AvgIpc) is 2.18. The quantitative estimate of drug-likeness (QED) is 0.460. The molecule has 0 unspecified atom stereocenters. The summed E-state index contributed by atoms with van der Waals surface area (Å²) in [4.78, 5) is 11.0. The molecule has 1 N–H and O–H groups in total. The monoisotopic (exact) mass is 199 g/mol. The number of esters is 1. The molecule has 0 spiro atoms. The van der Waals surface area contributed by atoms with Crippen molar-refractivity contribution in [2.75, 3.05) is 18.4 Å². The molecule has 0 fully saturated rings. The van der Waals surface area contributed by atoms with Gasteiger partial charge in [-0.3, -0.25) is 0 Å². The van der Waals surface area contributed by atoms with Gasteiger partial charge in [-0.05, 0) is 24.3 Å². The molecule has 1 aromatic rings. The molecule has 70 valence electrons. The number of nitrogens with one attached hydrogen (secondary N) is 1. The van der Waals surface area contributed by atoms with Crippen LogP contribution in [0.1, 0.15) is 10.4 Å². The number of benzene rings is 1. The highest BCUT2D eigenvalue weighted by Crippen LogP contribution is 2.10. The van der Waals surface area contributed by atoms with Crippen LogP contribution in [0.5, 0.6) is 0 Å². The number of methoxy groups -OCH3 is 1. The molecule has 0 aromatic heterocycles. The Morgan fingerprint density at radius 3 is 2.54 bits per heavy atom. The molecule has 1 rings (SSSR count). The van der Waals surface area contributed by atoms with Crippen molar-refractivity contribution in [1.82, 2.24) is 0 Å². The van der Waals surface area contributed by atoms with Crippen molar-refractivity contribution in [2.24, 2.45) is 0 Å². The Hall–Kier alpha value is -1.22. The van der Waals surface area contributed by atoms with E-state index in [0.29, 0.717) is 11.6 Å². The Morgan fingerprint density at radius 1 is 1.46 bits per heavy atom. The maximum atomic E-state index is 11.0. The SMILES string of the molecule is COC(=O)c1ccc(NCCl)cc1. The van der Waals surface area contributed by atoms with E-state index in [1.807, 2.05) is 0 Å². The zero-order chi connectivity index (χ0) is 9.68. The van der Waals surface area contributed by atoms with Crippen LogP contribution < -0.4 is 5.32 Å². The molecule has 3 nitrogen and oxygen atoms in total. The van der Waals surface area contributed by atoms with Crippen LogP contribution >= 0.6 is 11.6 Å². The number of halogens is 1. The second kappa shape index (κ2) is 4.72.